The molecule has 1 fully saturated rings. The molecule has 0 amide bonds. The number of nitrogens with zero attached hydrogens (tertiary/aromatic N) is 1. The van der Waals surface area contributed by atoms with Crippen molar-refractivity contribution < 1.29 is 4.74 Å². The van der Waals surface area contributed by atoms with E-state index in [4.69, 9.17) is 22.7 Å². The second-order valence-electron chi connectivity index (χ2n) is 4.68. The molecule has 5 heteroatoms. The summed E-state index contributed by atoms with van der Waals surface area (Å²) in [6.07, 6.45) is 6.49. The Kier molecular flexibility index (Phi) is 5.12. The molecule has 0 bridgehead atoms. The quantitative estimate of drug-likeness (QED) is 0.663. The van der Waals surface area contributed by atoms with Crippen LogP contribution in [0.25, 0.3) is 6.08 Å². The van der Waals surface area contributed by atoms with Crippen molar-refractivity contribution in [2.75, 3.05) is 7.11 Å². The van der Waals surface area contributed by atoms with E-state index >= 15 is 0 Å². The number of thiocarbonyl (C=S) groups is 1. The number of allylic oxidation sites excluding steroid dienone is 1. The molecule has 1 aromatic rings. The lowest BCUT2D eigenvalue weighted by atomic mass is 9.91. The van der Waals surface area contributed by atoms with E-state index in [-0.39, 0.29) is 5.11 Å². The molecule has 1 saturated carbocycles. The van der Waals surface area contributed by atoms with E-state index in [1.165, 1.54) is 12.0 Å². The lowest BCUT2D eigenvalue weighted by molar-refractivity contribution is 0.415. The summed E-state index contributed by atoms with van der Waals surface area (Å²) in [7, 11) is 1.67. The van der Waals surface area contributed by atoms with E-state index < -0.39 is 0 Å². The van der Waals surface area contributed by atoms with Crippen LogP contribution in [0.15, 0.2) is 34.9 Å². The highest BCUT2D eigenvalue weighted by Gasteiger charge is 2.13. The number of ether oxygens (including phenoxy) is 1. The third-order valence-corrected chi connectivity index (χ3v) is 3.33. The van der Waals surface area contributed by atoms with Gasteiger partial charge in [-0.1, -0.05) is 12.1 Å². The zero-order chi connectivity index (χ0) is 14.4. The third-order valence-electron chi connectivity index (χ3n) is 3.24. The SMILES string of the molecule is COc1ccc(C=C2CCCCC2=NNC(N)=S)cc1. The lowest BCUT2D eigenvalue weighted by Gasteiger charge is -2.17. The summed E-state index contributed by atoms with van der Waals surface area (Å²) >= 11 is 4.79. The molecular weight excluding hydrogens is 270 g/mol. The Morgan fingerprint density at radius 2 is 2.00 bits per heavy atom. The maximum Gasteiger partial charge on any atom is 0.184 e. The first-order chi connectivity index (χ1) is 9.69. The zero-order valence-electron chi connectivity index (χ0n) is 11.6. The largest absolute Gasteiger partial charge is 0.497 e. The minimum absolute atomic E-state index is 0.201. The molecular formula is C15H19N3OS. The normalized spacial score (nSPS) is 19.1. The number of benzene rings is 1. The molecule has 0 saturated heterocycles. The van der Waals surface area contributed by atoms with Gasteiger partial charge in [0, 0.05) is 0 Å². The van der Waals surface area contributed by atoms with Crippen LogP contribution in [0, 0.1) is 0 Å². The summed E-state index contributed by atoms with van der Waals surface area (Å²) in [5, 5.41) is 4.50. The lowest BCUT2D eigenvalue weighted by Crippen LogP contribution is -2.26. The van der Waals surface area contributed by atoms with Crippen molar-refractivity contribution in [3.8, 4) is 5.75 Å². The fourth-order valence-electron chi connectivity index (χ4n) is 2.22. The molecule has 0 aliphatic heterocycles. The summed E-state index contributed by atoms with van der Waals surface area (Å²) in [4.78, 5) is 0. The molecule has 2 rings (SSSR count). The van der Waals surface area contributed by atoms with Crippen LogP contribution in [0.1, 0.15) is 31.2 Å². The Balaban J connectivity index is 2.19. The third kappa shape index (κ3) is 4.06. The van der Waals surface area contributed by atoms with E-state index in [2.05, 4.69) is 16.6 Å². The van der Waals surface area contributed by atoms with Gasteiger partial charge >= 0.3 is 0 Å². The summed E-state index contributed by atoms with van der Waals surface area (Å²) in [5.41, 5.74) is 11.5. The van der Waals surface area contributed by atoms with Gasteiger partial charge in [0.1, 0.15) is 5.75 Å². The van der Waals surface area contributed by atoms with Gasteiger partial charge in [0.2, 0.25) is 0 Å². The number of nitrogens with two attached hydrogens (primary N) is 1. The number of hydrogen-bond donors (Lipinski definition) is 2. The monoisotopic (exact) mass is 289 g/mol. The molecule has 3 N–H and O–H groups in total. The summed E-state index contributed by atoms with van der Waals surface area (Å²) in [6, 6.07) is 8.00. The minimum atomic E-state index is 0.201. The van der Waals surface area contributed by atoms with Crippen molar-refractivity contribution in [1.29, 1.82) is 0 Å². The molecule has 1 aromatic carbocycles. The van der Waals surface area contributed by atoms with Gasteiger partial charge in [-0.25, -0.2) is 0 Å². The van der Waals surface area contributed by atoms with E-state index in [0.717, 1.165) is 36.3 Å². The zero-order valence-corrected chi connectivity index (χ0v) is 12.4. The second-order valence-corrected chi connectivity index (χ2v) is 5.12. The van der Waals surface area contributed by atoms with E-state index in [9.17, 15) is 0 Å². The van der Waals surface area contributed by atoms with Crippen LogP contribution in [0.4, 0.5) is 0 Å². The maximum absolute atomic E-state index is 5.42. The van der Waals surface area contributed by atoms with Crippen molar-refractivity contribution in [1.82, 2.24) is 5.43 Å². The Bertz CT molecular complexity index is 535. The van der Waals surface area contributed by atoms with Gasteiger partial charge in [0.25, 0.3) is 0 Å². The van der Waals surface area contributed by atoms with E-state index in [0.29, 0.717) is 0 Å². The van der Waals surface area contributed by atoms with Crippen molar-refractivity contribution in [3.05, 3.63) is 35.4 Å². The molecule has 1 aliphatic carbocycles. The Labute approximate surface area is 124 Å². The van der Waals surface area contributed by atoms with Crippen molar-refractivity contribution in [2.24, 2.45) is 10.8 Å². The smallest absolute Gasteiger partial charge is 0.184 e. The summed E-state index contributed by atoms with van der Waals surface area (Å²) in [5.74, 6) is 0.861. The average Bonchev–Trinajstić information content (AvgIpc) is 2.47. The highest BCUT2D eigenvalue weighted by molar-refractivity contribution is 7.80. The Morgan fingerprint density at radius 1 is 1.30 bits per heavy atom. The molecule has 0 heterocycles. The maximum atomic E-state index is 5.42. The van der Waals surface area contributed by atoms with Crippen LogP contribution in [0.2, 0.25) is 0 Å². The van der Waals surface area contributed by atoms with E-state index in [1.807, 2.05) is 24.3 Å². The molecule has 0 unspecified atom stereocenters. The van der Waals surface area contributed by atoms with Crippen LogP contribution >= 0.6 is 12.2 Å². The molecule has 0 radical (unpaired) electrons. The van der Waals surface area contributed by atoms with Gasteiger partial charge in [-0.15, -0.1) is 0 Å². The van der Waals surface area contributed by atoms with Gasteiger partial charge in [0.05, 0.1) is 12.8 Å². The van der Waals surface area contributed by atoms with Gasteiger partial charge in [-0.3, -0.25) is 5.43 Å². The highest BCUT2D eigenvalue weighted by Crippen LogP contribution is 2.24. The molecule has 0 atom stereocenters. The number of hydrazone groups is 1. The first-order valence-electron chi connectivity index (χ1n) is 6.66. The Hall–Kier alpha value is -1.88. The number of hydrogen-bond acceptors (Lipinski definition) is 3. The van der Waals surface area contributed by atoms with Crippen LogP contribution in [0.3, 0.4) is 0 Å². The van der Waals surface area contributed by atoms with Gasteiger partial charge in [-0.2, -0.15) is 5.10 Å². The number of nitrogens with one attached hydrogen (secondary N) is 1. The predicted octanol–water partition coefficient (Wildman–Crippen LogP) is 2.84. The fraction of sp³-hybridized carbons (Fsp3) is 0.333. The van der Waals surface area contributed by atoms with Gasteiger partial charge in [0.15, 0.2) is 5.11 Å². The highest BCUT2D eigenvalue weighted by atomic mass is 32.1. The molecule has 20 heavy (non-hydrogen) atoms. The standard InChI is InChI=1S/C15H19N3OS/c1-19-13-8-6-11(7-9-13)10-12-4-2-3-5-14(12)17-18-15(16)20/h6-10H,2-5H2,1H3,(H3,16,18,20). The number of methoxy groups -OCH3 is 1. The van der Waals surface area contributed by atoms with Crippen LogP contribution in [-0.2, 0) is 0 Å². The molecule has 0 aromatic heterocycles. The Morgan fingerprint density at radius 3 is 2.65 bits per heavy atom. The predicted molar refractivity (Wildman–Crippen MR) is 86.8 cm³/mol. The van der Waals surface area contributed by atoms with Gasteiger partial charge < -0.3 is 10.5 Å². The van der Waals surface area contributed by atoms with Crippen LogP contribution in [0.5, 0.6) is 5.75 Å². The molecule has 0 spiro atoms. The first kappa shape index (κ1) is 14.5. The molecule has 1 aliphatic rings. The average molecular weight is 289 g/mol. The second kappa shape index (κ2) is 7.05. The van der Waals surface area contributed by atoms with Crippen LogP contribution < -0.4 is 15.9 Å². The number of rotatable bonds is 3. The van der Waals surface area contributed by atoms with Crippen molar-refractivity contribution >= 4 is 29.1 Å². The molecule has 106 valence electrons. The molecule has 4 nitrogen and oxygen atoms in total. The van der Waals surface area contributed by atoms with Crippen molar-refractivity contribution in [2.45, 2.75) is 25.7 Å². The minimum Gasteiger partial charge on any atom is -0.497 e. The van der Waals surface area contributed by atoms with Crippen molar-refractivity contribution in [3.63, 3.8) is 0 Å². The van der Waals surface area contributed by atoms with Crippen LogP contribution in [-0.4, -0.2) is 17.9 Å². The summed E-state index contributed by atoms with van der Waals surface area (Å²) in [6.45, 7) is 0. The fourth-order valence-corrected chi connectivity index (χ4v) is 2.27. The topological polar surface area (TPSA) is 59.6 Å². The summed E-state index contributed by atoms with van der Waals surface area (Å²) < 4.78 is 5.16. The first-order valence-corrected chi connectivity index (χ1v) is 7.07. The van der Waals surface area contributed by atoms with Gasteiger partial charge in [-0.05, 0) is 67.2 Å². The van der Waals surface area contributed by atoms with E-state index in [1.54, 1.807) is 7.11 Å².